The molecule has 3 aromatic carbocycles. The molecular weight excluding hydrogens is 474 g/mol. The van der Waals surface area contributed by atoms with Gasteiger partial charge in [0.1, 0.15) is 6.33 Å². The number of nitrogens with zero attached hydrogens (tertiary/aromatic N) is 4. The van der Waals surface area contributed by atoms with Gasteiger partial charge in [-0.3, -0.25) is 4.79 Å². The molecule has 1 aliphatic rings. The summed E-state index contributed by atoms with van der Waals surface area (Å²) in [6.07, 6.45) is 5.04. The molecule has 38 heavy (non-hydrogen) atoms. The van der Waals surface area contributed by atoms with E-state index in [0.29, 0.717) is 13.1 Å². The van der Waals surface area contributed by atoms with E-state index in [1.165, 1.54) is 9.25 Å². The summed E-state index contributed by atoms with van der Waals surface area (Å²) in [5.74, 6) is 0.173. The third kappa shape index (κ3) is 5.62. The summed E-state index contributed by atoms with van der Waals surface area (Å²) in [5.41, 5.74) is 3.88. The van der Waals surface area contributed by atoms with Crippen LogP contribution in [-0.2, 0) is 17.9 Å². The minimum atomic E-state index is -0.184. The van der Waals surface area contributed by atoms with Crippen molar-refractivity contribution < 1.29 is 4.79 Å². The highest BCUT2D eigenvalue weighted by atomic mass is 16.2. The van der Waals surface area contributed by atoms with Crippen molar-refractivity contribution in [2.45, 2.75) is 31.8 Å². The SMILES string of the molecule is C=CCn1ncn(-c2ccc(N3CCC(C(C(=O)NCc4ccccc4)c4ccccc4)CC3)cc2)c1=O. The van der Waals surface area contributed by atoms with Gasteiger partial charge in [-0.1, -0.05) is 66.7 Å². The van der Waals surface area contributed by atoms with E-state index in [2.05, 4.69) is 34.0 Å². The van der Waals surface area contributed by atoms with Gasteiger partial charge in [0.05, 0.1) is 18.2 Å². The van der Waals surface area contributed by atoms with E-state index in [1.807, 2.05) is 72.8 Å². The summed E-state index contributed by atoms with van der Waals surface area (Å²) in [7, 11) is 0. The standard InChI is InChI=1S/C31H33N5O2/c1-2-19-36-31(38)35(23-33-36)28-15-13-27(14-16-28)34-20-17-26(18-21-34)29(25-11-7-4-8-12-25)30(37)32-22-24-9-5-3-6-10-24/h2-16,23,26,29H,1,17-22H2,(H,32,37). The van der Waals surface area contributed by atoms with Crippen molar-refractivity contribution in [2.75, 3.05) is 18.0 Å². The van der Waals surface area contributed by atoms with E-state index in [9.17, 15) is 9.59 Å². The van der Waals surface area contributed by atoms with Crippen molar-refractivity contribution in [3.8, 4) is 5.69 Å². The minimum absolute atomic E-state index is 0.0882. The molecule has 0 saturated carbocycles. The number of hydrogen-bond donors (Lipinski definition) is 1. The Bertz CT molecular complexity index is 1400. The second-order valence-corrected chi connectivity index (χ2v) is 9.69. The van der Waals surface area contributed by atoms with Gasteiger partial charge in [-0.2, -0.15) is 5.10 Å². The highest BCUT2D eigenvalue weighted by Crippen LogP contribution is 2.34. The molecule has 1 N–H and O–H groups in total. The van der Waals surface area contributed by atoms with Crippen molar-refractivity contribution in [1.82, 2.24) is 19.7 Å². The first kappa shape index (κ1) is 25.3. The molecule has 1 unspecified atom stereocenters. The van der Waals surface area contributed by atoms with Gasteiger partial charge in [-0.15, -0.1) is 6.58 Å². The van der Waals surface area contributed by atoms with Gasteiger partial charge in [0.15, 0.2) is 0 Å². The maximum atomic E-state index is 13.4. The first-order chi connectivity index (χ1) is 18.6. The highest BCUT2D eigenvalue weighted by molar-refractivity contribution is 5.84. The van der Waals surface area contributed by atoms with E-state index in [0.717, 1.165) is 48.4 Å². The Balaban J connectivity index is 1.25. The third-order valence-corrected chi connectivity index (χ3v) is 7.29. The number of carbonyl (C=O) groups excluding carboxylic acids is 1. The lowest BCUT2D eigenvalue weighted by Gasteiger charge is -2.37. The molecule has 1 saturated heterocycles. The lowest BCUT2D eigenvalue weighted by Crippen LogP contribution is -2.40. The van der Waals surface area contributed by atoms with Crippen molar-refractivity contribution in [3.63, 3.8) is 0 Å². The van der Waals surface area contributed by atoms with E-state index in [4.69, 9.17) is 0 Å². The van der Waals surface area contributed by atoms with E-state index < -0.39 is 0 Å². The second-order valence-electron chi connectivity index (χ2n) is 9.69. The Morgan fingerprint density at radius 1 is 0.947 bits per heavy atom. The van der Waals surface area contributed by atoms with Crippen molar-refractivity contribution in [2.24, 2.45) is 5.92 Å². The molecule has 194 valence electrons. The number of anilines is 1. The van der Waals surface area contributed by atoms with Crippen LogP contribution >= 0.6 is 0 Å². The quantitative estimate of drug-likeness (QED) is 0.338. The molecule has 1 fully saturated rings. The Morgan fingerprint density at radius 2 is 1.58 bits per heavy atom. The first-order valence-electron chi connectivity index (χ1n) is 13.1. The van der Waals surface area contributed by atoms with Gasteiger partial charge < -0.3 is 10.2 Å². The average molecular weight is 508 g/mol. The Morgan fingerprint density at radius 3 is 2.24 bits per heavy atom. The minimum Gasteiger partial charge on any atom is -0.372 e. The molecule has 1 aromatic heterocycles. The summed E-state index contributed by atoms with van der Waals surface area (Å²) in [5, 5.41) is 7.32. The van der Waals surface area contributed by atoms with Crippen molar-refractivity contribution >= 4 is 11.6 Å². The van der Waals surface area contributed by atoms with Crippen molar-refractivity contribution in [3.05, 3.63) is 126 Å². The van der Waals surface area contributed by atoms with Crippen LogP contribution in [0.15, 0.2) is 109 Å². The third-order valence-electron chi connectivity index (χ3n) is 7.29. The zero-order valence-corrected chi connectivity index (χ0v) is 21.4. The van der Waals surface area contributed by atoms with Gasteiger partial charge >= 0.3 is 5.69 Å². The fourth-order valence-electron chi connectivity index (χ4n) is 5.27. The average Bonchev–Trinajstić information content (AvgIpc) is 3.33. The second kappa shape index (κ2) is 11.8. The molecule has 5 rings (SSSR count). The number of allylic oxidation sites excluding steroid dienone is 1. The normalized spacial score (nSPS) is 14.7. The summed E-state index contributed by atoms with van der Waals surface area (Å²) in [6.45, 7) is 6.33. The first-order valence-corrected chi connectivity index (χ1v) is 13.1. The smallest absolute Gasteiger partial charge is 0.350 e. The zero-order chi connectivity index (χ0) is 26.3. The van der Waals surface area contributed by atoms with Crippen LogP contribution in [0.1, 0.15) is 29.9 Å². The van der Waals surface area contributed by atoms with Gasteiger partial charge in [-0.05, 0) is 54.2 Å². The molecule has 0 bridgehead atoms. The van der Waals surface area contributed by atoms with Crippen LogP contribution in [0.5, 0.6) is 0 Å². The topological polar surface area (TPSA) is 72.2 Å². The molecule has 7 heteroatoms. The summed E-state index contributed by atoms with van der Waals surface area (Å²) in [6, 6.07) is 28.2. The molecule has 0 aliphatic carbocycles. The molecule has 1 aliphatic heterocycles. The number of amides is 1. The van der Waals surface area contributed by atoms with E-state index in [-0.39, 0.29) is 23.4 Å². The van der Waals surface area contributed by atoms with E-state index >= 15 is 0 Å². The van der Waals surface area contributed by atoms with Gasteiger partial charge in [0.25, 0.3) is 0 Å². The molecule has 0 radical (unpaired) electrons. The number of benzene rings is 3. The molecule has 4 aromatic rings. The molecule has 1 amide bonds. The molecule has 0 spiro atoms. The molecule has 7 nitrogen and oxygen atoms in total. The largest absolute Gasteiger partial charge is 0.372 e. The van der Waals surface area contributed by atoms with Crippen LogP contribution in [0.4, 0.5) is 5.69 Å². The molecular formula is C31H33N5O2. The summed E-state index contributed by atoms with van der Waals surface area (Å²) >= 11 is 0. The number of nitrogens with one attached hydrogen (secondary N) is 1. The number of rotatable bonds is 9. The van der Waals surface area contributed by atoms with Crippen molar-refractivity contribution in [1.29, 1.82) is 0 Å². The van der Waals surface area contributed by atoms with Crippen LogP contribution < -0.4 is 15.9 Å². The number of aromatic nitrogens is 3. The van der Waals surface area contributed by atoms with Crippen LogP contribution in [0.25, 0.3) is 5.69 Å². The monoisotopic (exact) mass is 507 g/mol. The summed E-state index contributed by atoms with van der Waals surface area (Å²) < 4.78 is 2.92. The van der Waals surface area contributed by atoms with Gasteiger partial charge in [0, 0.05) is 25.3 Å². The Labute approximate surface area is 223 Å². The Hall–Kier alpha value is -4.39. The van der Waals surface area contributed by atoms with Crippen LogP contribution in [0.2, 0.25) is 0 Å². The van der Waals surface area contributed by atoms with Crippen LogP contribution in [0, 0.1) is 5.92 Å². The fraction of sp³-hybridized carbons (Fsp3) is 0.258. The van der Waals surface area contributed by atoms with E-state index in [1.54, 1.807) is 12.4 Å². The zero-order valence-electron chi connectivity index (χ0n) is 21.4. The number of piperidine rings is 1. The highest BCUT2D eigenvalue weighted by Gasteiger charge is 2.32. The van der Waals surface area contributed by atoms with Crippen LogP contribution in [-0.4, -0.2) is 33.3 Å². The predicted molar refractivity (Wildman–Crippen MR) is 150 cm³/mol. The Kier molecular flexibility index (Phi) is 7.83. The maximum Gasteiger partial charge on any atom is 0.350 e. The fourth-order valence-corrected chi connectivity index (χ4v) is 5.27. The lowest BCUT2D eigenvalue weighted by atomic mass is 9.79. The molecule has 2 heterocycles. The number of hydrogen-bond acceptors (Lipinski definition) is 4. The van der Waals surface area contributed by atoms with Crippen LogP contribution in [0.3, 0.4) is 0 Å². The molecule has 1 atom stereocenters. The lowest BCUT2D eigenvalue weighted by molar-refractivity contribution is -0.124. The van der Waals surface area contributed by atoms with Gasteiger partial charge in [-0.25, -0.2) is 14.0 Å². The maximum absolute atomic E-state index is 13.4. The predicted octanol–water partition coefficient (Wildman–Crippen LogP) is 4.54. The van der Waals surface area contributed by atoms with Gasteiger partial charge in [0.2, 0.25) is 5.91 Å². The summed E-state index contributed by atoms with van der Waals surface area (Å²) in [4.78, 5) is 28.3. The number of carbonyl (C=O) groups is 1.